The van der Waals surface area contributed by atoms with Crippen molar-refractivity contribution < 1.29 is 37.6 Å². The highest BCUT2D eigenvalue weighted by Gasteiger charge is 2.26. The molecule has 0 aromatic rings. The molecule has 2 unspecified atom stereocenters. The number of hydrogen-bond acceptors (Lipinski definition) is 8. The van der Waals surface area contributed by atoms with Crippen LogP contribution < -0.4 is 5.73 Å². The Morgan fingerprint density at radius 2 is 0.632 bits per heavy atom. The average Bonchev–Trinajstić information content (AvgIpc) is 3.64. The Labute approximate surface area is 539 Å². The molecule has 0 saturated heterocycles. The zero-order valence-electron chi connectivity index (χ0n) is 57.3. The highest BCUT2D eigenvalue weighted by Crippen LogP contribution is 2.43. The van der Waals surface area contributed by atoms with Crippen LogP contribution in [0.3, 0.4) is 0 Å². The minimum absolute atomic E-state index is 0.0512. The Bertz CT molecular complexity index is 1660. The predicted octanol–water partition coefficient (Wildman–Crippen LogP) is 24.8. The molecule has 0 saturated carbocycles. The summed E-state index contributed by atoms with van der Waals surface area (Å²) in [6.45, 7) is 3.67. The summed E-state index contributed by atoms with van der Waals surface area (Å²) >= 11 is 0. The van der Waals surface area contributed by atoms with Gasteiger partial charge in [-0.15, -0.1) is 0 Å². The molecule has 0 spiro atoms. The van der Waals surface area contributed by atoms with E-state index < -0.39 is 26.5 Å². The molecule has 0 aromatic heterocycles. The third-order valence-corrected chi connectivity index (χ3v) is 17.6. The number of carbonyl (C=O) groups excluding carboxylic acids is 2. The fraction of sp³-hybridized carbons (Fsp3) is 0.818. The summed E-state index contributed by atoms with van der Waals surface area (Å²) < 4.78 is 33.2. The lowest BCUT2D eigenvalue weighted by atomic mass is 10.0. The number of phosphoric acid groups is 1. The molecule has 0 aliphatic carbocycles. The predicted molar refractivity (Wildman–Crippen MR) is 376 cm³/mol. The monoisotopic (exact) mass is 1240 g/mol. The Kier molecular flexibility index (Phi) is 70.4. The third kappa shape index (κ3) is 72.4. The van der Waals surface area contributed by atoms with Crippen molar-refractivity contribution in [1.82, 2.24) is 0 Å². The molecule has 0 rings (SSSR count). The number of rotatable bonds is 71. The van der Waals surface area contributed by atoms with E-state index in [0.717, 1.165) is 77.0 Å². The topological polar surface area (TPSA) is 134 Å². The molecular weight excluding hydrogens is 1100 g/mol. The Morgan fingerprint density at radius 3 is 0.954 bits per heavy atom. The lowest BCUT2D eigenvalue weighted by Gasteiger charge is -2.19. The van der Waals surface area contributed by atoms with Crippen molar-refractivity contribution in [1.29, 1.82) is 0 Å². The van der Waals surface area contributed by atoms with Crippen molar-refractivity contribution in [2.24, 2.45) is 5.73 Å². The molecule has 0 bridgehead atoms. The van der Waals surface area contributed by atoms with E-state index in [1.807, 2.05) is 0 Å². The Balaban J connectivity index is 3.76. The molecule has 0 radical (unpaired) electrons. The molecule has 0 fully saturated rings. The number of nitrogens with two attached hydrogens (primary N) is 1. The second kappa shape index (κ2) is 72.5. The quantitative estimate of drug-likeness (QED) is 0.0264. The van der Waals surface area contributed by atoms with Gasteiger partial charge in [-0.2, -0.15) is 0 Å². The molecule has 9 nitrogen and oxygen atoms in total. The highest BCUT2D eigenvalue weighted by molar-refractivity contribution is 7.47. The maximum absolute atomic E-state index is 12.8. The maximum atomic E-state index is 12.8. The first-order valence-corrected chi connectivity index (χ1v) is 38.9. The number of phosphoric ester groups is 1. The van der Waals surface area contributed by atoms with Gasteiger partial charge in [0.2, 0.25) is 0 Å². The summed E-state index contributed by atoms with van der Waals surface area (Å²) in [6, 6.07) is 0. The van der Waals surface area contributed by atoms with Crippen LogP contribution in [-0.4, -0.2) is 49.3 Å². The standard InChI is InChI=1S/C77H142NO8P/c1-3-5-7-9-11-13-15-17-19-21-23-25-27-29-30-31-32-33-34-35-36-37-38-39-40-41-42-43-44-46-47-49-51-53-55-57-59-61-63-65-67-69-76(79)83-73-75(74-85-87(81,82)84-72-71-78)86-77(80)70-68-66-64-62-60-58-56-54-52-50-48-45-28-26-24-22-20-18-16-14-12-10-8-6-4-2/h6,8,12,14,18,20-21,23-24,26,45,48,75H,3-5,7,9-11,13,15-17,19,22,25,27-44,46-47,49-74,78H2,1-2H3,(H,81,82)/b8-6-,14-12-,20-18-,23-21-,26-24-,48-45-. The molecule has 0 amide bonds. The molecule has 0 aromatic carbocycles. The maximum Gasteiger partial charge on any atom is 0.472 e. The van der Waals surface area contributed by atoms with Gasteiger partial charge in [-0.1, -0.05) is 350 Å². The van der Waals surface area contributed by atoms with Crippen LogP contribution in [0, 0.1) is 0 Å². The van der Waals surface area contributed by atoms with Gasteiger partial charge < -0.3 is 20.1 Å². The van der Waals surface area contributed by atoms with Crippen LogP contribution in [0.25, 0.3) is 0 Å². The van der Waals surface area contributed by atoms with E-state index in [-0.39, 0.29) is 38.6 Å². The van der Waals surface area contributed by atoms with Gasteiger partial charge in [0.15, 0.2) is 6.10 Å². The number of hydrogen-bond donors (Lipinski definition) is 2. The summed E-state index contributed by atoms with van der Waals surface area (Å²) in [5.41, 5.74) is 5.40. The molecule has 508 valence electrons. The molecule has 0 heterocycles. The van der Waals surface area contributed by atoms with Crippen molar-refractivity contribution in [3.05, 3.63) is 72.9 Å². The van der Waals surface area contributed by atoms with Gasteiger partial charge >= 0.3 is 19.8 Å². The zero-order valence-corrected chi connectivity index (χ0v) is 58.2. The Morgan fingerprint density at radius 1 is 0.356 bits per heavy atom. The molecule has 2 atom stereocenters. The van der Waals surface area contributed by atoms with Crippen molar-refractivity contribution in [2.75, 3.05) is 26.4 Å². The fourth-order valence-corrected chi connectivity index (χ4v) is 11.8. The minimum atomic E-state index is -4.40. The second-order valence-corrected chi connectivity index (χ2v) is 26.6. The van der Waals surface area contributed by atoms with E-state index in [9.17, 15) is 19.0 Å². The number of allylic oxidation sites excluding steroid dienone is 12. The molecule has 0 aliphatic rings. The minimum Gasteiger partial charge on any atom is -0.462 e. The van der Waals surface area contributed by atoms with Crippen molar-refractivity contribution in [3.63, 3.8) is 0 Å². The summed E-state index contributed by atoms with van der Waals surface area (Å²) in [5, 5.41) is 0. The van der Waals surface area contributed by atoms with Gasteiger partial charge in [0.25, 0.3) is 0 Å². The van der Waals surface area contributed by atoms with Crippen LogP contribution in [0.4, 0.5) is 0 Å². The first-order chi connectivity index (χ1) is 42.8. The summed E-state index contributed by atoms with van der Waals surface area (Å²) in [5.74, 6) is -0.821. The molecule has 87 heavy (non-hydrogen) atoms. The van der Waals surface area contributed by atoms with Gasteiger partial charge in [0.1, 0.15) is 6.61 Å². The van der Waals surface area contributed by atoms with E-state index in [0.29, 0.717) is 6.42 Å². The van der Waals surface area contributed by atoms with E-state index in [2.05, 4.69) is 86.8 Å². The number of esters is 2. The fourth-order valence-electron chi connectivity index (χ4n) is 11.1. The van der Waals surface area contributed by atoms with Crippen LogP contribution in [0.5, 0.6) is 0 Å². The van der Waals surface area contributed by atoms with Gasteiger partial charge in [0.05, 0.1) is 13.2 Å². The van der Waals surface area contributed by atoms with Crippen molar-refractivity contribution >= 4 is 19.8 Å². The van der Waals surface area contributed by atoms with Crippen LogP contribution >= 0.6 is 7.82 Å². The Hall–Kier alpha value is -2.55. The SMILES string of the molecule is CC/C=C\C/C=C\C/C=C\C/C=C\C/C=C\CCCCCCCCCCCC(=O)OC(COC(=O)CCCCCCCCCCCCCCCCCCCCCCCCCCCCCCC/C=C\CCCCCCCCCC)COP(=O)(O)OCCN. The van der Waals surface area contributed by atoms with E-state index in [1.165, 1.54) is 263 Å². The summed E-state index contributed by atoms with van der Waals surface area (Å²) in [4.78, 5) is 35.4. The van der Waals surface area contributed by atoms with Crippen LogP contribution in [-0.2, 0) is 32.7 Å². The number of carbonyl (C=O) groups is 2. The van der Waals surface area contributed by atoms with Gasteiger partial charge in [-0.25, -0.2) is 4.57 Å². The van der Waals surface area contributed by atoms with E-state index in [4.69, 9.17) is 24.3 Å². The van der Waals surface area contributed by atoms with Crippen LogP contribution in [0.15, 0.2) is 72.9 Å². The average molecular weight is 1240 g/mol. The first-order valence-electron chi connectivity index (χ1n) is 37.4. The van der Waals surface area contributed by atoms with Crippen LogP contribution in [0.1, 0.15) is 373 Å². The summed E-state index contributed by atoms with van der Waals surface area (Å²) in [6.07, 6.45) is 96.1. The zero-order chi connectivity index (χ0) is 63.0. The second-order valence-electron chi connectivity index (χ2n) is 25.1. The first kappa shape index (κ1) is 84.5. The van der Waals surface area contributed by atoms with E-state index in [1.54, 1.807) is 0 Å². The third-order valence-electron chi connectivity index (χ3n) is 16.6. The molecule has 10 heteroatoms. The number of ether oxygens (including phenoxy) is 2. The van der Waals surface area contributed by atoms with Gasteiger partial charge in [-0.3, -0.25) is 18.6 Å². The van der Waals surface area contributed by atoms with Crippen molar-refractivity contribution in [2.45, 2.75) is 380 Å². The number of unbranched alkanes of at least 4 members (excludes halogenated alkanes) is 46. The largest absolute Gasteiger partial charge is 0.472 e. The van der Waals surface area contributed by atoms with E-state index >= 15 is 0 Å². The molecular formula is C77H142NO8P. The normalized spacial score (nSPS) is 13.3. The lowest BCUT2D eigenvalue weighted by Crippen LogP contribution is -2.29. The summed E-state index contributed by atoms with van der Waals surface area (Å²) in [7, 11) is -4.40. The smallest absolute Gasteiger partial charge is 0.462 e. The molecule has 0 aliphatic heterocycles. The van der Waals surface area contributed by atoms with Gasteiger partial charge in [-0.05, 0) is 83.5 Å². The van der Waals surface area contributed by atoms with Crippen molar-refractivity contribution in [3.8, 4) is 0 Å². The van der Waals surface area contributed by atoms with Gasteiger partial charge in [0, 0.05) is 19.4 Å². The molecule has 3 N–H and O–H groups in total. The van der Waals surface area contributed by atoms with Crippen LogP contribution in [0.2, 0.25) is 0 Å². The lowest BCUT2D eigenvalue weighted by molar-refractivity contribution is -0.161. The highest BCUT2D eigenvalue weighted by atomic mass is 31.2.